The van der Waals surface area contributed by atoms with E-state index in [1.54, 1.807) is 6.26 Å². The molecule has 0 spiro atoms. The van der Waals surface area contributed by atoms with Crippen LogP contribution in [0.3, 0.4) is 0 Å². The standard InChI is InChI=1S/C15H18N4O/c1-2-8-19-14-6-4-3-5-13(14)17-15(19)11-16-10-12-7-9-20-18-12/h3-7,9,16H,2,8,10-11H2,1H3. The van der Waals surface area contributed by atoms with Gasteiger partial charge in [-0.2, -0.15) is 0 Å². The molecule has 0 aliphatic heterocycles. The zero-order chi connectivity index (χ0) is 13.8. The lowest BCUT2D eigenvalue weighted by Crippen LogP contribution is -2.17. The SMILES string of the molecule is CCCn1c(CNCc2ccon2)nc2ccccc21. The van der Waals surface area contributed by atoms with Gasteiger partial charge in [0.15, 0.2) is 0 Å². The lowest BCUT2D eigenvalue weighted by atomic mass is 10.3. The first-order valence-electron chi connectivity index (χ1n) is 6.92. The number of hydrogen-bond donors (Lipinski definition) is 1. The van der Waals surface area contributed by atoms with Crippen molar-refractivity contribution in [3.63, 3.8) is 0 Å². The van der Waals surface area contributed by atoms with Crippen LogP contribution in [0.25, 0.3) is 11.0 Å². The van der Waals surface area contributed by atoms with Gasteiger partial charge < -0.3 is 14.4 Å². The lowest BCUT2D eigenvalue weighted by molar-refractivity contribution is 0.408. The summed E-state index contributed by atoms with van der Waals surface area (Å²) < 4.78 is 7.10. The number of imidazole rings is 1. The Bertz CT molecular complexity index is 672. The first-order chi connectivity index (χ1) is 9.88. The molecule has 3 rings (SSSR count). The fourth-order valence-corrected chi connectivity index (χ4v) is 2.36. The number of aromatic nitrogens is 3. The minimum Gasteiger partial charge on any atom is -0.364 e. The minimum atomic E-state index is 0.686. The van der Waals surface area contributed by atoms with Gasteiger partial charge in [-0.1, -0.05) is 24.2 Å². The smallest absolute Gasteiger partial charge is 0.124 e. The second-order valence-electron chi connectivity index (χ2n) is 4.76. The second-order valence-corrected chi connectivity index (χ2v) is 4.76. The predicted molar refractivity (Wildman–Crippen MR) is 77.1 cm³/mol. The van der Waals surface area contributed by atoms with Crippen LogP contribution in [-0.2, 0) is 19.6 Å². The quantitative estimate of drug-likeness (QED) is 0.748. The Morgan fingerprint density at radius 1 is 1.20 bits per heavy atom. The van der Waals surface area contributed by atoms with Crippen LogP contribution in [0.4, 0.5) is 0 Å². The number of nitrogens with zero attached hydrogens (tertiary/aromatic N) is 3. The van der Waals surface area contributed by atoms with E-state index in [2.05, 4.69) is 40.2 Å². The van der Waals surface area contributed by atoms with Crippen molar-refractivity contribution >= 4 is 11.0 Å². The highest BCUT2D eigenvalue weighted by atomic mass is 16.5. The maximum atomic E-state index is 4.82. The molecule has 0 saturated carbocycles. The molecule has 0 aliphatic carbocycles. The van der Waals surface area contributed by atoms with E-state index in [4.69, 9.17) is 9.51 Å². The van der Waals surface area contributed by atoms with Crippen LogP contribution >= 0.6 is 0 Å². The average Bonchev–Trinajstić information content (AvgIpc) is 3.08. The molecule has 0 atom stereocenters. The van der Waals surface area contributed by atoms with Gasteiger partial charge in [0.05, 0.1) is 23.3 Å². The number of fused-ring (bicyclic) bond motifs is 1. The number of para-hydroxylation sites is 2. The number of aryl methyl sites for hydroxylation is 1. The predicted octanol–water partition coefficient (Wildman–Crippen LogP) is 2.72. The molecular weight excluding hydrogens is 252 g/mol. The molecule has 0 saturated heterocycles. The summed E-state index contributed by atoms with van der Waals surface area (Å²) in [6.45, 7) is 4.58. The summed E-state index contributed by atoms with van der Waals surface area (Å²) in [6, 6.07) is 10.1. The number of hydrogen-bond acceptors (Lipinski definition) is 4. The Balaban J connectivity index is 1.77. The van der Waals surface area contributed by atoms with E-state index >= 15 is 0 Å². The Labute approximate surface area is 117 Å². The number of nitrogens with one attached hydrogen (secondary N) is 1. The van der Waals surface area contributed by atoms with Crippen molar-refractivity contribution in [3.8, 4) is 0 Å². The van der Waals surface area contributed by atoms with Crippen molar-refractivity contribution in [1.82, 2.24) is 20.0 Å². The molecule has 0 amide bonds. The van der Waals surface area contributed by atoms with Gasteiger partial charge >= 0.3 is 0 Å². The van der Waals surface area contributed by atoms with Gasteiger partial charge in [0.2, 0.25) is 0 Å². The van der Waals surface area contributed by atoms with Crippen molar-refractivity contribution in [3.05, 3.63) is 48.1 Å². The molecule has 1 aromatic carbocycles. The van der Waals surface area contributed by atoms with Crippen LogP contribution in [0.2, 0.25) is 0 Å². The maximum absolute atomic E-state index is 4.82. The first-order valence-corrected chi connectivity index (χ1v) is 6.92. The van der Waals surface area contributed by atoms with E-state index in [9.17, 15) is 0 Å². The fraction of sp³-hybridized carbons (Fsp3) is 0.333. The van der Waals surface area contributed by atoms with Gasteiger partial charge in [-0.25, -0.2) is 4.98 Å². The molecule has 2 heterocycles. The summed E-state index contributed by atoms with van der Waals surface area (Å²) in [5, 5.41) is 7.24. The lowest BCUT2D eigenvalue weighted by Gasteiger charge is -2.08. The molecule has 1 N–H and O–H groups in total. The van der Waals surface area contributed by atoms with Crippen LogP contribution in [-0.4, -0.2) is 14.7 Å². The molecule has 2 aromatic heterocycles. The van der Waals surface area contributed by atoms with E-state index in [0.29, 0.717) is 6.54 Å². The highest BCUT2D eigenvalue weighted by molar-refractivity contribution is 5.75. The zero-order valence-electron chi connectivity index (χ0n) is 11.5. The van der Waals surface area contributed by atoms with Crippen molar-refractivity contribution < 1.29 is 4.52 Å². The van der Waals surface area contributed by atoms with Crippen LogP contribution in [0.5, 0.6) is 0 Å². The van der Waals surface area contributed by atoms with Crippen LogP contribution in [0.15, 0.2) is 41.1 Å². The van der Waals surface area contributed by atoms with Gasteiger partial charge in [-0.3, -0.25) is 0 Å². The summed E-state index contributed by atoms with van der Waals surface area (Å²) in [5.41, 5.74) is 3.16. The molecule has 5 nitrogen and oxygen atoms in total. The normalized spacial score (nSPS) is 11.2. The third-order valence-corrected chi connectivity index (χ3v) is 3.26. The Kier molecular flexibility index (Phi) is 3.78. The summed E-state index contributed by atoms with van der Waals surface area (Å²) in [7, 11) is 0. The third-order valence-electron chi connectivity index (χ3n) is 3.26. The topological polar surface area (TPSA) is 55.9 Å². The Morgan fingerprint density at radius 2 is 2.10 bits per heavy atom. The van der Waals surface area contributed by atoms with E-state index in [-0.39, 0.29) is 0 Å². The summed E-state index contributed by atoms with van der Waals surface area (Å²) >= 11 is 0. The molecule has 5 heteroatoms. The molecule has 0 bridgehead atoms. The molecule has 0 radical (unpaired) electrons. The zero-order valence-corrected chi connectivity index (χ0v) is 11.5. The van der Waals surface area contributed by atoms with Crippen molar-refractivity contribution in [2.24, 2.45) is 0 Å². The first kappa shape index (κ1) is 12.9. The van der Waals surface area contributed by atoms with Gasteiger partial charge in [0.25, 0.3) is 0 Å². The Hall–Kier alpha value is -2.14. The monoisotopic (exact) mass is 270 g/mol. The highest BCUT2D eigenvalue weighted by Crippen LogP contribution is 2.16. The highest BCUT2D eigenvalue weighted by Gasteiger charge is 2.09. The molecule has 20 heavy (non-hydrogen) atoms. The summed E-state index contributed by atoms with van der Waals surface area (Å²) in [4.78, 5) is 4.71. The number of benzene rings is 1. The molecule has 0 fully saturated rings. The average molecular weight is 270 g/mol. The van der Waals surface area contributed by atoms with Gasteiger partial charge in [0.1, 0.15) is 12.1 Å². The Morgan fingerprint density at radius 3 is 2.90 bits per heavy atom. The molecule has 104 valence electrons. The summed E-state index contributed by atoms with van der Waals surface area (Å²) in [6.07, 6.45) is 2.68. The van der Waals surface area contributed by atoms with E-state index in [1.807, 2.05) is 12.1 Å². The molecular formula is C15H18N4O. The fourth-order valence-electron chi connectivity index (χ4n) is 2.36. The van der Waals surface area contributed by atoms with Crippen molar-refractivity contribution in [1.29, 1.82) is 0 Å². The molecule has 0 aliphatic rings. The number of rotatable bonds is 6. The largest absolute Gasteiger partial charge is 0.364 e. The van der Waals surface area contributed by atoms with Crippen molar-refractivity contribution in [2.75, 3.05) is 0 Å². The van der Waals surface area contributed by atoms with Gasteiger partial charge in [-0.05, 0) is 18.6 Å². The van der Waals surface area contributed by atoms with E-state index in [0.717, 1.165) is 36.5 Å². The van der Waals surface area contributed by atoms with Gasteiger partial charge in [0, 0.05) is 19.2 Å². The van der Waals surface area contributed by atoms with E-state index in [1.165, 1.54) is 5.52 Å². The third kappa shape index (κ3) is 2.58. The minimum absolute atomic E-state index is 0.686. The molecule has 0 unspecified atom stereocenters. The molecule has 3 aromatic rings. The second kappa shape index (κ2) is 5.88. The van der Waals surface area contributed by atoms with Crippen LogP contribution < -0.4 is 5.32 Å². The van der Waals surface area contributed by atoms with Crippen LogP contribution in [0.1, 0.15) is 24.9 Å². The van der Waals surface area contributed by atoms with Crippen LogP contribution in [0, 0.1) is 0 Å². The maximum Gasteiger partial charge on any atom is 0.124 e. The van der Waals surface area contributed by atoms with Gasteiger partial charge in [-0.15, -0.1) is 0 Å². The summed E-state index contributed by atoms with van der Waals surface area (Å²) in [5.74, 6) is 1.07. The van der Waals surface area contributed by atoms with E-state index < -0.39 is 0 Å². The van der Waals surface area contributed by atoms with Crippen molar-refractivity contribution in [2.45, 2.75) is 33.0 Å².